The molecular weight excluding hydrogens is 364 g/mol. The summed E-state index contributed by atoms with van der Waals surface area (Å²) in [4.78, 5) is 14.4. The van der Waals surface area contributed by atoms with Crippen LogP contribution in [0.5, 0.6) is 11.5 Å². The number of amides is 1. The average Bonchev–Trinajstić information content (AvgIpc) is 3.17. The first kappa shape index (κ1) is 19.2. The van der Waals surface area contributed by atoms with E-state index >= 15 is 0 Å². The van der Waals surface area contributed by atoms with Gasteiger partial charge in [0.1, 0.15) is 17.5 Å². The lowest BCUT2D eigenvalue weighted by Crippen LogP contribution is -2.48. The second-order valence-electron chi connectivity index (χ2n) is 6.68. The largest absolute Gasteiger partial charge is 0.457 e. The standard InChI is InChI=1S/C20H24N2O4S/c1-16(20(23)21-14-6-7-15-21)22(27(2,24)25)17-10-12-19(13-11-17)26-18-8-4-3-5-9-18/h3-5,8-13,16H,6-7,14-15H2,1-2H3/t16-/m1/s1. The Morgan fingerprint density at radius 3 is 2.11 bits per heavy atom. The van der Waals surface area contributed by atoms with Crippen LogP contribution in [0.4, 0.5) is 5.69 Å². The number of hydrogen-bond donors (Lipinski definition) is 0. The quantitative estimate of drug-likeness (QED) is 0.762. The van der Waals surface area contributed by atoms with Crippen molar-refractivity contribution in [1.29, 1.82) is 0 Å². The first-order valence-electron chi connectivity index (χ1n) is 8.97. The SMILES string of the molecule is C[C@H](C(=O)N1CCCC1)N(c1ccc(Oc2ccccc2)cc1)S(C)(=O)=O. The molecule has 27 heavy (non-hydrogen) atoms. The molecule has 1 fully saturated rings. The molecular formula is C20H24N2O4S. The molecule has 1 aliphatic rings. The lowest BCUT2D eigenvalue weighted by atomic mass is 10.2. The number of ether oxygens (including phenoxy) is 1. The van der Waals surface area contributed by atoms with Crippen LogP contribution in [0, 0.1) is 0 Å². The maximum atomic E-state index is 12.7. The van der Waals surface area contributed by atoms with Gasteiger partial charge in [0.2, 0.25) is 15.9 Å². The van der Waals surface area contributed by atoms with Gasteiger partial charge in [-0.2, -0.15) is 0 Å². The summed E-state index contributed by atoms with van der Waals surface area (Å²) in [6, 6.07) is 15.3. The fourth-order valence-corrected chi connectivity index (χ4v) is 4.46. The molecule has 1 aliphatic heterocycles. The molecule has 0 radical (unpaired) electrons. The number of carbonyl (C=O) groups excluding carboxylic acids is 1. The predicted molar refractivity (Wildman–Crippen MR) is 106 cm³/mol. The maximum Gasteiger partial charge on any atom is 0.246 e. The second kappa shape index (κ2) is 8.00. The van der Waals surface area contributed by atoms with E-state index in [1.807, 2.05) is 30.3 Å². The van der Waals surface area contributed by atoms with Gasteiger partial charge in [-0.15, -0.1) is 0 Å². The van der Waals surface area contributed by atoms with Crippen molar-refractivity contribution in [2.45, 2.75) is 25.8 Å². The highest BCUT2D eigenvalue weighted by molar-refractivity contribution is 7.92. The zero-order valence-electron chi connectivity index (χ0n) is 15.5. The van der Waals surface area contributed by atoms with Gasteiger partial charge in [-0.1, -0.05) is 18.2 Å². The summed E-state index contributed by atoms with van der Waals surface area (Å²) in [5.41, 5.74) is 0.443. The normalized spacial score (nSPS) is 15.4. The molecule has 0 saturated carbocycles. The summed E-state index contributed by atoms with van der Waals surface area (Å²) in [7, 11) is -3.62. The minimum Gasteiger partial charge on any atom is -0.457 e. The molecule has 0 aliphatic carbocycles. The molecule has 0 N–H and O–H groups in total. The van der Waals surface area contributed by atoms with Crippen LogP contribution in [0.15, 0.2) is 54.6 Å². The third-order valence-corrected chi connectivity index (χ3v) is 5.80. The third kappa shape index (κ3) is 4.60. The van der Waals surface area contributed by atoms with E-state index in [0.29, 0.717) is 30.3 Å². The number of nitrogens with zero attached hydrogens (tertiary/aromatic N) is 2. The highest BCUT2D eigenvalue weighted by atomic mass is 32.2. The van der Waals surface area contributed by atoms with Gasteiger partial charge in [0.25, 0.3) is 0 Å². The van der Waals surface area contributed by atoms with E-state index in [0.717, 1.165) is 19.1 Å². The van der Waals surface area contributed by atoms with Crippen molar-refractivity contribution in [3.05, 3.63) is 54.6 Å². The van der Waals surface area contributed by atoms with E-state index in [1.165, 1.54) is 4.31 Å². The Hall–Kier alpha value is -2.54. The van der Waals surface area contributed by atoms with E-state index in [9.17, 15) is 13.2 Å². The van der Waals surface area contributed by atoms with Crippen molar-refractivity contribution in [2.24, 2.45) is 0 Å². The first-order chi connectivity index (χ1) is 12.9. The lowest BCUT2D eigenvalue weighted by Gasteiger charge is -2.31. The molecule has 144 valence electrons. The van der Waals surface area contributed by atoms with Gasteiger partial charge in [-0.25, -0.2) is 8.42 Å². The Bertz CT molecular complexity index is 876. The fourth-order valence-electron chi connectivity index (χ4n) is 3.29. The van der Waals surface area contributed by atoms with Crippen molar-refractivity contribution in [2.75, 3.05) is 23.7 Å². The number of sulfonamides is 1. The topological polar surface area (TPSA) is 66.9 Å². The molecule has 0 aromatic heterocycles. The van der Waals surface area contributed by atoms with Crippen LogP contribution in [0.1, 0.15) is 19.8 Å². The molecule has 2 aromatic rings. The number of hydrogen-bond acceptors (Lipinski definition) is 4. The number of benzene rings is 2. The maximum absolute atomic E-state index is 12.7. The van der Waals surface area contributed by atoms with Crippen LogP contribution in [-0.2, 0) is 14.8 Å². The minimum absolute atomic E-state index is 0.164. The van der Waals surface area contributed by atoms with E-state index in [-0.39, 0.29) is 5.91 Å². The first-order valence-corrected chi connectivity index (χ1v) is 10.8. The molecule has 3 rings (SSSR count). The van der Waals surface area contributed by atoms with Crippen LogP contribution in [0.25, 0.3) is 0 Å². The Labute approximate surface area is 160 Å². The van der Waals surface area contributed by atoms with Gasteiger partial charge in [0.05, 0.1) is 11.9 Å². The van der Waals surface area contributed by atoms with E-state index in [1.54, 1.807) is 36.1 Å². The fraction of sp³-hybridized carbons (Fsp3) is 0.350. The highest BCUT2D eigenvalue weighted by Crippen LogP contribution is 2.27. The zero-order chi connectivity index (χ0) is 19.4. The van der Waals surface area contributed by atoms with Gasteiger partial charge in [0.15, 0.2) is 0 Å². The summed E-state index contributed by atoms with van der Waals surface area (Å²) in [6.07, 6.45) is 3.04. The van der Waals surface area contributed by atoms with Crippen molar-refractivity contribution in [3.63, 3.8) is 0 Å². The van der Waals surface area contributed by atoms with E-state index in [4.69, 9.17) is 4.74 Å². The Morgan fingerprint density at radius 1 is 1.00 bits per heavy atom. The summed E-state index contributed by atoms with van der Waals surface area (Å²) >= 11 is 0. The van der Waals surface area contributed by atoms with Crippen LogP contribution < -0.4 is 9.04 Å². The summed E-state index contributed by atoms with van der Waals surface area (Å²) in [5.74, 6) is 1.13. The molecule has 1 amide bonds. The van der Waals surface area contributed by atoms with Crippen molar-refractivity contribution < 1.29 is 17.9 Å². The highest BCUT2D eigenvalue weighted by Gasteiger charge is 2.32. The molecule has 1 saturated heterocycles. The lowest BCUT2D eigenvalue weighted by molar-refractivity contribution is -0.130. The van der Waals surface area contributed by atoms with Crippen LogP contribution >= 0.6 is 0 Å². The van der Waals surface area contributed by atoms with Gasteiger partial charge in [-0.3, -0.25) is 9.10 Å². The van der Waals surface area contributed by atoms with Crippen LogP contribution in [-0.4, -0.2) is 44.6 Å². The second-order valence-corrected chi connectivity index (χ2v) is 8.54. The van der Waals surface area contributed by atoms with Gasteiger partial charge in [0, 0.05) is 13.1 Å². The molecule has 7 heteroatoms. The smallest absolute Gasteiger partial charge is 0.246 e. The molecule has 0 bridgehead atoms. The monoisotopic (exact) mass is 388 g/mol. The average molecular weight is 388 g/mol. The molecule has 1 heterocycles. The third-order valence-electron chi connectivity index (χ3n) is 4.55. The Balaban J connectivity index is 1.82. The molecule has 2 aromatic carbocycles. The Kier molecular flexibility index (Phi) is 5.70. The van der Waals surface area contributed by atoms with Crippen molar-refractivity contribution in [1.82, 2.24) is 4.90 Å². The number of anilines is 1. The summed E-state index contributed by atoms with van der Waals surface area (Å²) in [6.45, 7) is 3.01. The van der Waals surface area contributed by atoms with Crippen molar-refractivity contribution >= 4 is 21.6 Å². The molecule has 0 unspecified atom stereocenters. The zero-order valence-corrected chi connectivity index (χ0v) is 16.4. The van der Waals surface area contributed by atoms with Crippen LogP contribution in [0.3, 0.4) is 0 Å². The summed E-state index contributed by atoms with van der Waals surface area (Å²) in [5, 5.41) is 0. The number of para-hydroxylation sites is 1. The van der Waals surface area contributed by atoms with Crippen molar-refractivity contribution in [3.8, 4) is 11.5 Å². The van der Waals surface area contributed by atoms with Gasteiger partial charge in [-0.05, 0) is 56.2 Å². The minimum atomic E-state index is -3.62. The van der Waals surface area contributed by atoms with E-state index in [2.05, 4.69) is 0 Å². The molecule has 0 spiro atoms. The number of likely N-dealkylation sites (tertiary alicyclic amines) is 1. The predicted octanol–water partition coefficient (Wildman–Crippen LogP) is 3.26. The van der Waals surface area contributed by atoms with Crippen LogP contribution in [0.2, 0.25) is 0 Å². The van der Waals surface area contributed by atoms with E-state index < -0.39 is 16.1 Å². The molecule has 6 nitrogen and oxygen atoms in total. The molecule has 1 atom stereocenters. The number of rotatable bonds is 6. The van der Waals surface area contributed by atoms with Gasteiger partial charge >= 0.3 is 0 Å². The van der Waals surface area contributed by atoms with Gasteiger partial charge < -0.3 is 9.64 Å². The number of carbonyl (C=O) groups is 1. The Morgan fingerprint density at radius 2 is 1.56 bits per heavy atom. The summed E-state index contributed by atoms with van der Waals surface area (Å²) < 4.78 is 31.7.